The SMILES string of the molecule is CCCCNC(=O)c1cc(CC(C)N)c2occc2c1. The summed E-state index contributed by atoms with van der Waals surface area (Å²) in [5.41, 5.74) is 8.35. The highest BCUT2D eigenvalue weighted by molar-refractivity contribution is 5.98. The van der Waals surface area contributed by atoms with Crippen LogP contribution in [0.2, 0.25) is 0 Å². The fourth-order valence-corrected chi connectivity index (χ4v) is 2.27. The van der Waals surface area contributed by atoms with E-state index >= 15 is 0 Å². The highest BCUT2D eigenvalue weighted by Gasteiger charge is 2.13. The summed E-state index contributed by atoms with van der Waals surface area (Å²) in [6.07, 6.45) is 4.40. The van der Waals surface area contributed by atoms with Crippen LogP contribution in [-0.4, -0.2) is 18.5 Å². The highest BCUT2D eigenvalue weighted by Crippen LogP contribution is 2.23. The number of nitrogens with one attached hydrogen (secondary N) is 1. The zero-order valence-electron chi connectivity index (χ0n) is 12.1. The van der Waals surface area contributed by atoms with Crippen LogP contribution < -0.4 is 11.1 Å². The van der Waals surface area contributed by atoms with Gasteiger partial charge < -0.3 is 15.5 Å². The third kappa shape index (κ3) is 3.39. The summed E-state index contributed by atoms with van der Waals surface area (Å²) in [4.78, 5) is 12.2. The molecule has 0 bridgehead atoms. The van der Waals surface area contributed by atoms with E-state index in [-0.39, 0.29) is 11.9 Å². The van der Waals surface area contributed by atoms with Crippen LogP contribution in [-0.2, 0) is 6.42 Å². The molecule has 0 spiro atoms. The van der Waals surface area contributed by atoms with E-state index in [1.807, 2.05) is 25.1 Å². The Morgan fingerprint density at radius 3 is 2.95 bits per heavy atom. The van der Waals surface area contributed by atoms with Gasteiger partial charge in [0, 0.05) is 23.5 Å². The molecule has 1 amide bonds. The Bertz CT molecular complexity index is 587. The second-order valence-electron chi connectivity index (χ2n) is 5.27. The number of hydrogen-bond acceptors (Lipinski definition) is 3. The molecule has 2 rings (SSSR count). The molecule has 0 saturated heterocycles. The third-order valence-corrected chi connectivity index (χ3v) is 3.25. The Kier molecular flexibility index (Phi) is 4.79. The second kappa shape index (κ2) is 6.57. The standard InChI is InChI=1S/C16H22N2O2/c1-3-4-6-18-16(19)14-9-12-5-7-20-15(12)13(10-14)8-11(2)17/h5,7,9-11H,3-4,6,8,17H2,1-2H3,(H,18,19). The minimum absolute atomic E-state index is 0.0294. The molecule has 0 aliphatic carbocycles. The molecule has 3 N–H and O–H groups in total. The molecule has 4 heteroatoms. The van der Waals surface area contributed by atoms with Crippen molar-refractivity contribution in [3.8, 4) is 0 Å². The quantitative estimate of drug-likeness (QED) is 0.796. The van der Waals surface area contributed by atoms with Crippen molar-refractivity contribution >= 4 is 16.9 Å². The van der Waals surface area contributed by atoms with Gasteiger partial charge in [0.1, 0.15) is 5.58 Å². The van der Waals surface area contributed by atoms with Crippen molar-refractivity contribution < 1.29 is 9.21 Å². The topological polar surface area (TPSA) is 68.3 Å². The number of carbonyl (C=O) groups is 1. The molecule has 20 heavy (non-hydrogen) atoms. The molecule has 1 atom stereocenters. The zero-order valence-corrected chi connectivity index (χ0v) is 12.1. The average molecular weight is 274 g/mol. The molecule has 0 aliphatic rings. The van der Waals surface area contributed by atoms with E-state index in [0.717, 1.165) is 29.4 Å². The van der Waals surface area contributed by atoms with Crippen molar-refractivity contribution in [1.82, 2.24) is 5.32 Å². The predicted octanol–water partition coefficient (Wildman–Crippen LogP) is 2.85. The van der Waals surface area contributed by atoms with Crippen molar-refractivity contribution in [3.05, 3.63) is 35.6 Å². The minimum Gasteiger partial charge on any atom is -0.464 e. The van der Waals surface area contributed by atoms with Crippen molar-refractivity contribution in [2.75, 3.05) is 6.54 Å². The normalized spacial score (nSPS) is 12.6. The maximum absolute atomic E-state index is 12.2. The smallest absolute Gasteiger partial charge is 0.251 e. The van der Waals surface area contributed by atoms with Crippen LogP contribution in [0.4, 0.5) is 0 Å². The number of benzene rings is 1. The minimum atomic E-state index is -0.0347. The van der Waals surface area contributed by atoms with Gasteiger partial charge in [-0.05, 0) is 43.5 Å². The number of fused-ring (bicyclic) bond motifs is 1. The van der Waals surface area contributed by atoms with Gasteiger partial charge in [-0.2, -0.15) is 0 Å². The van der Waals surface area contributed by atoms with E-state index in [1.165, 1.54) is 0 Å². The molecule has 1 aromatic heterocycles. The van der Waals surface area contributed by atoms with E-state index in [9.17, 15) is 4.79 Å². The van der Waals surface area contributed by atoms with Crippen molar-refractivity contribution in [3.63, 3.8) is 0 Å². The number of carbonyl (C=O) groups excluding carboxylic acids is 1. The van der Waals surface area contributed by atoms with E-state index < -0.39 is 0 Å². The Labute approximate surface area is 119 Å². The van der Waals surface area contributed by atoms with E-state index in [2.05, 4.69) is 12.2 Å². The first-order chi connectivity index (χ1) is 9.61. The van der Waals surface area contributed by atoms with Gasteiger partial charge in [0.25, 0.3) is 5.91 Å². The number of nitrogens with two attached hydrogens (primary N) is 1. The Morgan fingerprint density at radius 1 is 1.45 bits per heavy atom. The maximum Gasteiger partial charge on any atom is 0.251 e. The lowest BCUT2D eigenvalue weighted by Gasteiger charge is -2.09. The lowest BCUT2D eigenvalue weighted by molar-refractivity contribution is 0.0953. The molecule has 0 aliphatic heterocycles. The van der Waals surface area contributed by atoms with Gasteiger partial charge in [0.15, 0.2) is 0 Å². The summed E-state index contributed by atoms with van der Waals surface area (Å²) < 4.78 is 5.50. The summed E-state index contributed by atoms with van der Waals surface area (Å²) in [5.74, 6) is -0.0347. The Balaban J connectivity index is 2.27. The van der Waals surface area contributed by atoms with Gasteiger partial charge in [-0.3, -0.25) is 4.79 Å². The fourth-order valence-electron chi connectivity index (χ4n) is 2.27. The number of amides is 1. The van der Waals surface area contributed by atoms with Crippen molar-refractivity contribution in [1.29, 1.82) is 0 Å². The molecule has 108 valence electrons. The Hall–Kier alpha value is -1.81. The van der Waals surface area contributed by atoms with E-state index in [1.54, 1.807) is 6.26 Å². The summed E-state index contributed by atoms with van der Waals surface area (Å²) in [6, 6.07) is 5.66. The van der Waals surface area contributed by atoms with Gasteiger partial charge in [0.05, 0.1) is 6.26 Å². The van der Waals surface area contributed by atoms with E-state index in [4.69, 9.17) is 10.2 Å². The molecule has 0 saturated carbocycles. The first kappa shape index (κ1) is 14.6. The first-order valence-corrected chi connectivity index (χ1v) is 7.15. The first-order valence-electron chi connectivity index (χ1n) is 7.15. The summed E-state index contributed by atoms with van der Waals surface area (Å²) >= 11 is 0. The third-order valence-electron chi connectivity index (χ3n) is 3.25. The lowest BCUT2D eigenvalue weighted by atomic mass is 10.0. The van der Waals surface area contributed by atoms with Crippen LogP contribution in [0.25, 0.3) is 11.0 Å². The fraction of sp³-hybridized carbons (Fsp3) is 0.438. The van der Waals surface area contributed by atoms with Crippen LogP contribution in [0.15, 0.2) is 28.9 Å². The second-order valence-corrected chi connectivity index (χ2v) is 5.27. The number of rotatable bonds is 6. The van der Waals surface area contributed by atoms with Crippen LogP contribution in [0.5, 0.6) is 0 Å². The zero-order chi connectivity index (χ0) is 14.5. The van der Waals surface area contributed by atoms with Gasteiger partial charge in [-0.25, -0.2) is 0 Å². The van der Waals surface area contributed by atoms with Crippen molar-refractivity contribution in [2.45, 2.75) is 39.2 Å². The van der Waals surface area contributed by atoms with Crippen LogP contribution in [0.1, 0.15) is 42.6 Å². The maximum atomic E-state index is 12.2. The Morgan fingerprint density at radius 2 is 2.25 bits per heavy atom. The molecular weight excluding hydrogens is 252 g/mol. The van der Waals surface area contributed by atoms with Crippen molar-refractivity contribution in [2.24, 2.45) is 5.73 Å². The van der Waals surface area contributed by atoms with Gasteiger partial charge in [-0.1, -0.05) is 13.3 Å². The molecular formula is C16H22N2O2. The van der Waals surface area contributed by atoms with Crippen LogP contribution >= 0.6 is 0 Å². The molecule has 0 radical (unpaired) electrons. The average Bonchev–Trinajstić information content (AvgIpc) is 2.86. The number of furan rings is 1. The number of hydrogen-bond donors (Lipinski definition) is 2. The molecule has 2 aromatic rings. The van der Waals surface area contributed by atoms with Gasteiger partial charge >= 0.3 is 0 Å². The largest absolute Gasteiger partial charge is 0.464 e. The van der Waals surface area contributed by atoms with Crippen LogP contribution in [0, 0.1) is 0 Å². The monoisotopic (exact) mass is 274 g/mol. The highest BCUT2D eigenvalue weighted by atomic mass is 16.3. The summed E-state index contributed by atoms with van der Waals surface area (Å²) in [6.45, 7) is 4.76. The lowest BCUT2D eigenvalue weighted by Crippen LogP contribution is -2.24. The molecule has 0 fully saturated rings. The number of unbranched alkanes of at least 4 members (excludes halogenated alkanes) is 1. The van der Waals surface area contributed by atoms with E-state index in [0.29, 0.717) is 18.5 Å². The van der Waals surface area contributed by atoms with Gasteiger partial charge in [0.2, 0.25) is 0 Å². The summed E-state index contributed by atoms with van der Waals surface area (Å²) in [5, 5.41) is 3.88. The molecule has 1 unspecified atom stereocenters. The van der Waals surface area contributed by atoms with Crippen LogP contribution in [0.3, 0.4) is 0 Å². The summed E-state index contributed by atoms with van der Waals surface area (Å²) in [7, 11) is 0. The van der Waals surface area contributed by atoms with Gasteiger partial charge in [-0.15, -0.1) is 0 Å². The molecule has 1 aromatic carbocycles. The molecule has 4 nitrogen and oxygen atoms in total. The molecule has 1 heterocycles. The predicted molar refractivity (Wildman–Crippen MR) is 80.8 cm³/mol.